The maximum Gasteiger partial charge on any atom is 0.237 e. The Hall–Kier alpha value is -0.610. The van der Waals surface area contributed by atoms with E-state index in [1.54, 1.807) is 0 Å². The molecule has 19 heavy (non-hydrogen) atoms. The van der Waals surface area contributed by atoms with Crippen LogP contribution in [0.4, 0.5) is 0 Å². The number of hydrogen-bond donors (Lipinski definition) is 2. The number of carbonyl (C=O) groups excluding carboxylic acids is 1. The largest absolute Gasteiger partial charge is 0.352 e. The van der Waals surface area contributed by atoms with Gasteiger partial charge in [0.25, 0.3) is 0 Å². The lowest BCUT2D eigenvalue weighted by Crippen LogP contribution is -2.55. The number of nitrogens with one attached hydrogen (secondary N) is 1. The smallest absolute Gasteiger partial charge is 0.237 e. The van der Waals surface area contributed by atoms with Crippen LogP contribution < -0.4 is 11.1 Å². The normalized spacial score (nSPS) is 31.9. The molecule has 0 radical (unpaired) electrons. The SMILES string of the molecule is CC1CCN(C(C)C(=O)NC2CCCCC2)CC1N. The van der Waals surface area contributed by atoms with Gasteiger partial charge in [-0.3, -0.25) is 9.69 Å². The van der Waals surface area contributed by atoms with Crippen molar-refractivity contribution in [3.63, 3.8) is 0 Å². The maximum atomic E-state index is 12.3. The molecule has 4 heteroatoms. The third-order valence-corrected chi connectivity index (χ3v) is 4.93. The second-order valence-electron chi connectivity index (χ2n) is 6.44. The third kappa shape index (κ3) is 3.93. The first kappa shape index (κ1) is 14.8. The van der Waals surface area contributed by atoms with Crippen LogP contribution in [0.5, 0.6) is 0 Å². The standard InChI is InChI=1S/C15H29N3O/c1-11-8-9-18(10-14(11)16)12(2)15(19)17-13-6-4-3-5-7-13/h11-14H,3-10,16H2,1-2H3,(H,17,19). The average molecular weight is 267 g/mol. The van der Waals surface area contributed by atoms with Gasteiger partial charge in [-0.05, 0) is 38.6 Å². The lowest BCUT2D eigenvalue weighted by Gasteiger charge is -2.38. The van der Waals surface area contributed by atoms with E-state index in [1.807, 2.05) is 6.92 Å². The number of rotatable bonds is 3. The van der Waals surface area contributed by atoms with Gasteiger partial charge >= 0.3 is 0 Å². The Morgan fingerprint density at radius 1 is 1.26 bits per heavy atom. The van der Waals surface area contributed by atoms with Crippen molar-refractivity contribution in [3.05, 3.63) is 0 Å². The minimum atomic E-state index is -0.0412. The fourth-order valence-electron chi connectivity index (χ4n) is 3.21. The Balaban J connectivity index is 1.81. The summed E-state index contributed by atoms with van der Waals surface area (Å²) in [5, 5.41) is 3.22. The van der Waals surface area contributed by atoms with Crippen LogP contribution in [0, 0.1) is 5.92 Å². The molecule has 3 N–H and O–H groups in total. The highest BCUT2D eigenvalue weighted by Crippen LogP contribution is 2.19. The first-order valence-electron chi connectivity index (χ1n) is 7.88. The number of nitrogens with zero attached hydrogens (tertiary/aromatic N) is 1. The zero-order valence-electron chi connectivity index (χ0n) is 12.4. The minimum Gasteiger partial charge on any atom is -0.352 e. The second kappa shape index (κ2) is 6.71. The van der Waals surface area contributed by atoms with E-state index in [-0.39, 0.29) is 18.0 Å². The number of carbonyl (C=O) groups is 1. The summed E-state index contributed by atoms with van der Waals surface area (Å²) >= 11 is 0. The number of likely N-dealkylation sites (tertiary alicyclic amines) is 1. The molecule has 0 aromatic rings. The molecule has 3 atom stereocenters. The molecule has 110 valence electrons. The van der Waals surface area contributed by atoms with Gasteiger partial charge in [-0.25, -0.2) is 0 Å². The predicted octanol–water partition coefficient (Wildman–Crippen LogP) is 1.49. The molecule has 0 aromatic heterocycles. The molecule has 0 aromatic carbocycles. The van der Waals surface area contributed by atoms with Crippen molar-refractivity contribution < 1.29 is 4.79 Å². The zero-order valence-corrected chi connectivity index (χ0v) is 12.4. The summed E-state index contributed by atoms with van der Waals surface area (Å²) in [6.45, 7) is 6.06. The van der Waals surface area contributed by atoms with Crippen molar-refractivity contribution in [3.8, 4) is 0 Å². The van der Waals surface area contributed by atoms with Gasteiger partial charge in [-0.2, -0.15) is 0 Å². The molecule has 2 fully saturated rings. The molecule has 3 unspecified atom stereocenters. The summed E-state index contributed by atoms with van der Waals surface area (Å²) in [5.41, 5.74) is 6.12. The topological polar surface area (TPSA) is 58.4 Å². The third-order valence-electron chi connectivity index (χ3n) is 4.93. The molecule has 2 rings (SSSR count). The van der Waals surface area contributed by atoms with Crippen LogP contribution in [0.1, 0.15) is 52.4 Å². The van der Waals surface area contributed by atoms with Gasteiger partial charge in [-0.1, -0.05) is 26.2 Å². The van der Waals surface area contributed by atoms with Gasteiger partial charge in [0.1, 0.15) is 0 Å². The van der Waals surface area contributed by atoms with Crippen LogP contribution in [0.2, 0.25) is 0 Å². The molecular formula is C15H29N3O. The van der Waals surface area contributed by atoms with E-state index < -0.39 is 0 Å². The Morgan fingerprint density at radius 3 is 2.58 bits per heavy atom. The van der Waals surface area contributed by atoms with E-state index in [0.717, 1.165) is 32.4 Å². The van der Waals surface area contributed by atoms with Crippen LogP contribution >= 0.6 is 0 Å². The molecule has 1 saturated heterocycles. The summed E-state index contributed by atoms with van der Waals surface area (Å²) in [7, 11) is 0. The van der Waals surface area contributed by atoms with E-state index >= 15 is 0 Å². The van der Waals surface area contributed by atoms with Crippen LogP contribution in [0.15, 0.2) is 0 Å². The monoisotopic (exact) mass is 267 g/mol. The quantitative estimate of drug-likeness (QED) is 0.814. The molecule has 0 spiro atoms. The first-order valence-corrected chi connectivity index (χ1v) is 7.88. The Kier molecular flexibility index (Phi) is 5.22. The van der Waals surface area contributed by atoms with Crippen molar-refractivity contribution >= 4 is 5.91 Å². The Bertz CT molecular complexity index is 302. The van der Waals surface area contributed by atoms with Crippen LogP contribution in [-0.4, -0.2) is 42.0 Å². The lowest BCUT2D eigenvalue weighted by molar-refractivity contribution is -0.127. The van der Waals surface area contributed by atoms with Gasteiger partial charge in [-0.15, -0.1) is 0 Å². The summed E-state index contributed by atoms with van der Waals surface area (Å²) in [6, 6.07) is 0.570. The van der Waals surface area contributed by atoms with Crippen LogP contribution in [0.3, 0.4) is 0 Å². The van der Waals surface area contributed by atoms with Crippen molar-refractivity contribution in [2.24, 2.45) is 11.7 Å². The molecule has 1 aliphatic carbocycles. The number of hydrogen-bond acceptors (Lipinski definition) is 3. The van der Waals surface area contributed by atoms with E-state index in [4.69, 9.17) is 5.73 Å². The summed E-state index contributed by atoms with van der Waals surface area (Å²) in [5.74, 6) is 0.763. The molecule has 1 amide bonds. The summed E-state index contributed by atoms with van der Waals surface area (Å²) in [6.07, 6.45) is 7.23. The van der Waals surface area contributed by atoms with Gasteiger partial charge < -0.3 is 11.1 Å². The summed E-state index contributed by atoms with van der Waals surface area (Å²) < 4.78 is 0. The Labute approximate surface area is 117 Å². The lowest BCUT2D eigenvalue weighted by atomic mass is 9.93. The zero-order chi connectivity index (χ0) is 13.8. The van der Waals surface area contributed by atoms with Gasteiger partial charge in [0, 0.05) is 18.6 Å². The predicted molar refractivity (Wildman–Crippen MR) is 77.8 cm³/mol. The van der Waals surface area contributed by atoms with E-state index in [0.29, 0.717) is 12.0 Å². The van der Waals surface area contributed by atoms with E-state index in [2.05, 4.69) is 17.1 Å². The number of piperidine rings is 1. The highest BCUT2D eigenvalue weighted by molar-refractivity contribution is 5.81. The number of amides is 1. The maximum absolute atomic E-state index is 12.3. The van der Waals surface area contributed by atoms with Gasteiger partial charge in [0.15, 0.2) is 0 Å². The molecule has 1 heterocycles. The van der Waals surface area contributed by atoms with Crippen molar-refractivity contribution in [1.82, 2.24) is 10.2 Å². The van der Waals surface area contributed by atoms with Crippen molar-refractivity contribution in [2.75, 3.05) is 13.1 Å². The van der Waals surface area contributed by atoms with Crippen molar-refractivity contribution in [2.45, 2.75) is 70.5 Å². The molecule has 0 bridgehead atoms. The van der Waals surface area contributed by atoms with Gasteiger partial charge in [0.05, 0.1) is 6.04 Å². The molecule has 4 nitrogen and oxygen atoms in total. The van der Waals surface area contributed by atoms with Crippen molar-refractivity contribution in [1.29, 1.82) is 0 Å². The van der Waals surface area contributed by atoms with E-state index in [1.165, 1.54) is 19.3 Å². The average Bonchev–Trinajstić information content (AvgIpc) is 2.42. The van der Waals surface area contributed by atoms with Crippen LogP contribution in [-0.2, 0) is 4.79 Å². The highest BCUT2D eigenvalue weighted by Gasteiger charge is 2.30. The molecule has 2 aliphatic rings. The number of nitrogens with two attached hydrogens (primary N) is 1. The van der Waals surface area contributed by atoms with E-state index in [9.17, 15) is 4.79 Å². The fraction of sp³-hybridized carbons (Fsp3) is 0.933. The molecule has 1 saturated carbocycles. The second-order valence-corrected chi connectivity index (χ2v) is 6.44. The van der Waals surface area contributed by atoms with Crippen LogP contribution in [0.25, 0.3) is 0 Å². The molecule has 1 aliphatic heterocycles. The highest BCUT2D eigenvalue weighted by atomic mass is 16.2. The first-order chi connectivity index (χ1) is 9.08. The Morgan fingerprint density at radius 2 is 1.95 bits per heavy atom. The molecular weight excluding hydrogens is 238 g/mol. The minimum absolute atomic E-state index is 0.0412. The van der Waals surface area contributed by atoms with Gasteiger partial charge in [0.2, 0.25) is 5.91 Å². The summed E-state index contributed by atoms with van der Waals surface area (Å²) in [4.78, 5) is 14.5. The fourth-order valence-corrected chi connectivity index (χ4v) is 3.21.